The Morgan fingerprint density at radius 2 is 2.10 bits per heavy atom. The van der Waals surface area contributed by atoms with E-state index in [1.807, 2.05) is 42.5 Å². The van der Waals surface area contributed by atoms with E-state index in [4.69, 9.17) is 10.7 Å². The maximum Gasteiger partial charge on any atom is 0.203 e. The Bertz CT molecular complexity index is 961. The van der Waals surface area contributed by atoms with Gasteiger partial charge < -0.3 is 20.6 Å². The van der Waals surface area contributed by atoms with E-state index in [0.29, 0.717) is 11.5 Å². The van der Waals surface area contributed by atoms with Crippen LogP contribution < -0.4 is 5.73 Å². The summed E-state index contributed by atoms with van der Waals surface area (Å²) in [6.07, 6.45) is 8.83. The molecule has 5 rings (SSSR count). The number of nitrogens with two attached hydrogens (primary N) is 1. The predicted octanol–water partition coefficient (Wildman–Crippen LogP) is 2.71. The SMILES string of the molecule is CN1C(N2CCC3(CCC[C@H]3N)CC2)=NC=C(Sc2cccc3[nH]ncc23)C1O. The second-order valence-corrected chi connectivity index (χ2v) is 9.60. The number of likely N-dealkylation sites (N-methyl/N-ethyl adjacent to an activating group) is 1. The van der Waals surface area contributed by atoms with Crippen molar-refractivity contribution < 1.29 is 5.11 Å². The molecule has 2 fully saturated rings. The lowest BCUT2D eigenvalue weighted by Gasteiger charge is -2.45. The molecular weight excluding hydrogens is 384 g/mol. The topological polar surface area (TPSA) is 93.8 Å². The highest BCUT2D eigenvalue weighted by molar-refractivity contribution is 8.03. The van der Waals surface area contributed by atoms with Gasteiger partial charge in [0.05, 0.1) is 16.6 Å². The predicted molar refractivity (Wildman–Crippen MR) is 116 cm³/mol. The summed E-state index contributed by atoms with van der Waals surface area (Å²) in [5.41, 5.74) is 7.74. The highest BCUT2D eigenvalue weighted by Crippen LogP contribution is 2.45. The number of aliphatic imine (C=N–C) groups is 1. The van der Waals surface area contributed by atoms with E-state index in [1.54, 1.807) is 11.8 Å². The van der Waals surface area contributed by atoms with Crippen molar-refractivity contribution in [2.24, 2.45) is 16.1 Å². The number of rotatable bonds is 2. The Kier molecular flexibility index (Phi) is 4.80. The highest BCUT2D eigenvalue weighted by atomic mass is 32.2. The quantitative estimate of drug-likeness (QED) is 0.702. The van der Waals surface area contributed by atoms with Crippen molar-refractivity contribution in [3.05, 3.63) is 35.5 Å². The molecule has 0 bridgehead atoms. The molecule has 154 valence electrons. The summed E-state index contributed by atoms with van der Waals surface area (Å²) in [4.78, 5) is 10.8. The molecule has 7 nitrogen and oxygen atoms in total. The number of aliphatic hydroxyl groups excluding tert-OH is 1. The van der Waals surface area contributed by atoms with Crippen LogP contribution in [-0.4, -0.2) is 63.5 Å². The number of thioether (sulfide) groups is 1. The zero-order valence-corrected chi connectivity index (χ0v) is 17.5. The van der Waals surface area contributed by atoms with E-state index in [9.17, 15) is 5.11 Å². The summed E-state index contributed by atoms with van der Waals surface area (Å²) in [7, 11) is 1.92. The van der Waals surface area contributed by atoms with Gasteiger partial charge in [0.15, 0.2) is 6.23 Å². The Morgan fingerprint density at radius 3 is 2.86 bits per heavy atom. The number of nitrogens with zero attached hydrogens (tertiary/aromatic N) is 4. The van der Waals surface area contributed by atoms with Crippen LogP contribution in [0.5, 0.6) is 0 Å². The number of hydrogen-bond donors (Lipinski definition) is 3. The van der Waals surface area contributed by atoms with Crippen molar-refractivity contribution in [2.45, 2.75) is 49.3 Å². The molecule has 1 spiro atoms. The number of hydrogen-bond acceptors (Lipinski definition) is 7. The summed E-state index contributed by atoms with van der Waals surface area (Å²) in [5.74, 6) is 0.852. The fourth-order valence-corrected chi connectivity index (χ4v) is 6.10. The molecule has 29 heavy (non-hydrogen) atoms. The van der Waals surface area contributed by atoms with Crippen molar-refractivity contribution in [3.8, 4) is 0 Å². The maximum atomic E-state index is 11.0. The van der Waals surface area contributed by atoms with Gasteiger partial charge in [0.25, 0.3) is 0 Å². The second kappa shape index (κ2) is 7.34. The first-order chi connectivity index (χ1) is 14.1. The monoisotopic (exact) mass is 412 g/mol. The average Bonchev–Trinajstić information content (AvgIpc) is 3.35. The number of aliphatic hydroxyl groups is 1. The summed E-state index contributed by atoms with van der Waals surface area (Å²) in [6.45, 7) is 1.91. The van der Waals surface area contributed by atoms with E-state index in [2.05, 4.69) is 15.1 Å². The van der Waals surface area contributed by atoms with Gasteiger partial charge in [-0.2, -0.15) is 5.10 Å². The van der Waals surface area contributed by atoms with Crippen molar-refractivity contribution in [1.82, 2.24) is 20.0 Å². The smallest absolute Gasteiger partial charge is 0.203 e. The number of fused-ring (bicyclic) bond motifs is 1. The first kappa shape index (κ1) is 19.0. The molecule has 3 aliphatic rings. The van der Waals surface area contributed by atoms with E-state index >= 15 is 0 Å². The lowest BCUT2D eigenvalue weighted by Crippen LogP contribution is -2.54. The molecule has 0 amide bonds. The van der Waals surface area contributed by atoms with Crippen molar-refractivity contribution in [3.63, 3.8) is 0 Å². The van der Waals surface area contributed by atoms with Gasteiger partial charge in [-0.15, -0.1) is 0 Å². The third kappa shape index (κ3) is 3.23. The third-order valence-electron chi connectivity index (χ3n) is 6.94. The molecule has 4 N–H and O–H groups in total. The maximum absolute atomic E-state index is 11.0. The summed E-state index contributed by atoms with van der Waals surface area (Å²) in [6, 6.07) is 6.38. The van der Waals surface area contributed by atoms with Crippen molar-refractivity contribution >= 4 is 28.6 Å². The Hall–Kier alpha value is -2.03. The second-order valence-electron chi connectivity index (χ2n) is 8.48. The summed E-state index contributed by atoms with van der Waals surface area (Å²) >= 11 is 1.54. The highest BCUT2D eigenvalue weighted by Gasteiger charge is 2.44. The standard InChI is InChI=1S/C21H28N6OS/c1-26-19(28)17(29-16-5-2-4-15-14(16)12-24-25-15)13-23-20(26)27-10-8-21(9-11-27)7-3-6-18(21)22/h2,4-5,12-13,18-19,28H,3,6-11,22H2,1H3,(H,24,25)/t18-,19?/m1/s1. The molecule has 1 saturated heterocycles. The van der Waals surface area contributed by atoms with Crippen LogP contribution in [-0.2, 0) is 0 Å². The Morgan fingerprint density at radius 1 is 1.28 bits per heavy atom. The van der Waals surface area contributed by atoms with Crippen LogP contribution in [0.1, 0.15) is 32.1 Å². The largest absolute Gasteiger partial charge is 0.369 e. The lowest BCUT2D eigenvalue weighted by atomic mass is 9.74. The number of aromatic nitrogens is 2. The van der Waals surface area contributed by atoms with Gasteiger partial charge in [-0.05, 0) is 43.2 Å². The molecule has 8 heteroatoms. The van der Waals surface area contributed by atoms with Crippen LogP contribution in [0.15, 0.2) is 45.4 Å². The molecule has 2 atom stereocenters. The molecule has 3 heterocycles. The Balaban J connectivity index is 1.33. The van der Waals surface area contributed by atoms with Gasteiger partial charge in [-0.3, -0.25) is 5.10 Å². The fourth-order valence-electron chi connectivity index (χ4n) is 5.06. The molecular formula is C21H28N6OS. The Labute approximate surface area is 175 Å². The van der Waals surface area contributed by atoms with Crippen LogP contribution in [0.3, 0.4) is 0 Å². The van der Waals surface area contributed by atoms with Gasteiger partial charge in [0.1, 0.15) is 0 Å². The minimum atomic E-state index is -0.709. The van der Waals surface area contributed by atoms with Crippen molar-refractivity contribution in [2.75, 3.05) is 20.1 Å². The normalized spacial score (nSPS) is 26.9. The first-order valence-corrected chi connectivity index (χ1v) is 11.2. The van der Waals surface area contributed by atoms with E-state index in [0.717, 1.165) is 59.0 Å². The number of aromatic amines is 1. The van der Waals surface area contributed by atoms with Gasteiger partial charge in [0, 0.05) is 42.7 Å². The molecule has 2 aliphatic heterocycles. The van der Waals surface area contributed by atoms with Gasteiger partial charge in [0.2, 0.25) is 5.96 Å². The van der Waals surface area contributed by atoms with Crippen LogP contribution in [0.25, 0.3) is 10.9 Å². The van der Waals surface area contributed by atoms with E-state index in [1.165, 1.54) is 12.8 Å². The number of likely N-dealkylation sites (tertiary alicyclic amines) is 1. The molecule has 1 aromatic heterocycles. The number of benzene rings is 1. The summed E-state index contributed by atoms with van der Waals surface area (Å²) < 4.78 is 0. The molecule has 1 saturated carbocycles. The van der Waals surface area contributed by atoms with E-state index in [-0.39, 0.29) is 0 Å². The van der Waals surface area contributed by atoms with Crippen LogP contribution in [0.2, 0.25) is 0 Å². The van der Waals surface area contributed by atoms with E-state index < -0.39 is 6.23 Å². The molecule has 1 aromatic carbocycles. The molecule has 0 radical (unpaired) electrons. The zero-order valence-electron chi connectivity index (χ0n) is 16.7. The molecule has 2 aromatic rings. The van der Waals surface area contributed by atoms with Gasteiger partial charge in [-0.1, -0.05) is 24.2 Å². The fraction of sp³-hybridized carbons (Fsp3) is 0.524. The molecule has 1 unspecified atom stereocenters. The van der Waals surface area contributed by atoms with Crippen LogP contribution >= 0.6 is 11.8 Å². The molecule has 1 aliphatic carbocycles. The minimum absolute atomic E-state index is 0.322. The third-order valence-corrected chi connectivity index (χ3v) is 8.06. The average molecular weight is 413 g/mol. The number of nitrogens with one attached hydrogen (secondary N) is 1. The lowest BCUT2D eigenvalue weighted by molar-refractivity contribution is 0.0802. The van der Waals surface area contributed by atoms with Crippen molar-refractivity contribution in [1.29, 1.82) is 0 Å². The number of H-pyrrole nitrogens is 1. The summed E-state index contributed by atoms with van der Waals surface area (Å²) in [5, 5.41) is 19.1. The number of guanidine groups is 1. The first-order valence-electron chi connectivity index (χ1n) is 10.4. The van der Waals surface area contributed by atoms with Crippen LogP contribution in [0, 0.1) is 5.41 Å². The van der Waals surface area contributed by atoms with Gasteiger partial charge >= 0.3 is 0 Å². The minimum Gasteiger partial charge on any atom is -0.369 e. The van der Waals surface area contributed by atoms with Gasteiger partial charge in [-0.25, -0.2) is 4.99 Å². The number of piperidine rings is 1. The zero-order chi connectivity index (χ0) is 20.0. The van der Waals surface area contributed by atoms with Crippen LogP contribution in [0.4, 0.5) is 0 Å².